The first-order chi connectivity index (χ1) is 28.2. The van der Waals surface area contributed by atoms with Gasteiger partial charge >= 0.3 is 0 Å². The van der Waals surface area contributed by atoms with Crippen LogP contribution in [0.2, 0.25) is 0 Å². The summed E-state index contributed by atoms with van der Waals surface area (Å²) in [5.74, 6) is 6.07. The summed E-state index contributed by atoms with van der Waals surface area (Å²) in [4.78, 5) is 4.69. The van der Waals surface area contributed by atoms with E-state index in [9.17, 15) is 0 Å². The standard InChI is InChI=1S/C49H32B2N2O4/c1-52-41-30-45-39(51-37-22-12-14-24-44(37)56-46-27-35(28-47(57-45)49(46)51)55-33-19-9-4-10-20-33)29-38(41)50-36-21-11-13-23-40(36)53(31-15-5-2-6-16-31)43-26-34(25-42(52)48(43)50)54-32-17-7-3-8-18-32/h2-30H,1H3. The van der Waals surface area contributed by atoms with Gasteiger partial charge < -0.3 is 28.7 Å². The van der Waals surface area contributed by atoms with Gasteiger partial charge in [-0.2, -0.15) is 0 Å². The fraction of sp³-hybridized carbons (Fsp3) is 0.0204. The third kappa shape index (κ3) is 4.93. The summed E-state index contributed by atoms with van der Waals surface area (Å²) in [6.07, 6.45) is 0. The van der Waals surface area contributed by atoms with E-state index < -0.39 is 0 Å². The average Bonchev–Trinajstić information content (AvgIpc) is 3.25. The maximum absolute atomic E-state index is 6.95. The topological polar surface area (TPSA) is 43.4 Å². The fourth-order valence-corrected chi connectivity index (χ4v) is 9.25. The molecule has 4 aliphatic heterocycles. The number of para-hydroxylation sites is 5. The molecule has 8 aromatic carbocycles. The zero-order valence-corrected chi connectivity index (χ0v) is 30.9. The summed E-state index contributed by atoms with van der Waals surface area (Å²) >= 11 is 0. The van der Waals surface area contributed by atoms with Gasteiger partial charge in [0.15, 0.2) is 0 Å². The van der Waals surface area contributed by atoms with Crippen molar-refractivity contribution in [1.29, 1.82) is 0 Å². The second-order valence-electron chi connectivity index (χ2n) is 14.9. The summed E-state index contributed by atoms with van der Waals surface area (Å²) in [5.41, 5.74) is 12.4. The molecular formula is C49H32B2N2O4. The highest BCUT2D eigenvalue weighted by atomic mass is 16.5. The Kier molecular flexibility index (Phi) is 6.93. The number of hydrogen-bond donors (Lipinski definition) is 0. The second kappa shape index (κ2) is 12.4. The van der Waals surface area contributed by atoms with Crippen molar-refractivity contribution in [1.82, 2.24) is 0 Å². The Morgan fingerprint density at radius 2 is 0.947 bits per heavy atom. The molecule has 0 saturated carbocycles. The van der Waals surface area contributed by atoms with E-state index in [1.807, 2.05) is 78.9 Å². The Morgan fingerprint density at radius 3 is 1.67 bits per heavy atom. The molecule has 0 atom stereocenters. The van der Waals surface area contributed by atoms with Crippen LogP contribution in [0.4, 0.5) is 28.4 Å². The molecule has 0 bridgehead atoms. The number of rotatable bonds is 5. The molecule has 0 amide bonds. The molecule has 8 heteroatoms. The van der Waals surface area contributed by atoms with Gasteiger partial charge in [-0.1, -0.05) is 97.1 Å². The van der Waals surface area contributed by atoms with E-state index in [4.69, 9.17) is 18.9 Å². The van der Waals surface area contributed by atoms with Crippen LogP contribution < -0.4 is 61.5 Å². The van der Waals surface area contributed by atoms with E-state index in [1.54, 1.807) is 0 Å². The van der Waals surface area contributed by atoms with E-state index >= 15 is 0 Å². The minimum atomic E-state index is -0.104. The van der Waals surface area contributed by atoms with Crippen LogP contribution in [0.25, 0.3) is 0 Å². The Morgan fingerprint density at radius 1 is 0.386 bits per heavy atom. The monoisotopic (exact) mass is 734 g/mol. The average molecular weight is 734 g/mol. The second-order valence-corrected chi connectivity index (χ2v) is 14.9. The smallest absolute Gasteiger partial charge is 0.260 e. The highest BCUT2D eigenvalue weighted by molar-refractivity contribution is 7.02. The van der Waals surface area contributed by atoms with Crippen LogP contribution in [-0.4, -0.2) is 20.5 Å². The summed E-state index contributed by atoms with van der Waals surface area (Å²) in [7, 11) is 2.15. The van der Waals surface area contributed by atoms with Crippen molar-refractivity contribution in [2.24, 2.45) is 0 Å². The molecule has 0 spiro atoms. The maximum Gasteiger partial charge on any atom is 0.260 e. The van der Waals surface area contributed by atoms with E-state index in [0.29, 0.717) is 5.75 Å². The molecule has 12 rings (SSSR count). The Balaban J connectivity index is 1.07. The zero-order valence-electron chi connectivity index (χ0n) is 30.9. The van der Waals surface area contributed by atoms with Gasteiger partial charge in [0.05, 0.1) is 0 Å². The maximum atomic E-state index is 6.95. The Hall–Kier alpha value is -7.31. The highest BCUT2D eigenvalue weighted by Gasteiger charge is 2.46. The normalized spacial score (nSPS) is 13.5. The molecule has 0 aromatic heterocycles. The predicted molar refractivity (Wildman–Crippen MR) is 231 cm³/mol. The fourth-order valence-electron chi connectivity index (χ4n) is 9.25. The van der Waals surface area contributed by atoms with E-state index in [2.05, 4.69) is 114 Å². The van der Waals surface area contributed by atoms with E-state index in [0.717, 1.165) is 85.1 Å². The molecule has 4 heterocycles. The van der Waals surface area contributed by atoms with Crippen LogP contribution in [0.5, 0.6) is 46.0 Å². The summed E-state index contributed by atoms with van der Waals surface area (Å²) in [5, 5.41) is 0. The van der Waals surface area contributed by atoms with Crippen molar-refractivity contribution in [3.63, 3.8) is 0 Å². The lowest BCUT2D eigenvalue weighted by molar-refractivity contribution is 0.443. The van der Waals surface area contributed by atoms with Gasteiger partial charge in [0.2, 0.25) is 0 Å². The van der Waals surface area contributed by atoms with Crippen LogP contribution in [0.15, 0.2) is 176 Å². The SMILES string of the molecule is CN1c2cc3c(cc2B2c4ccccc4N(c4ccccc4)c4cc(Oc5ccccc5)cc1c42)B1c2ccccc2Oc2cc(Oc4ccccc4)cc(c21)O3. The van der Waals surface area contributed by atoms with Crippen molar-refractivity contribution in [3.8, 4) is 46.0 Å². The molecule has 0 N–H and O–H groups in total. The lowest BCUT2D eigenvalue weighted by Crippen LogP contribution is -2.64. The lowest BCUT2D eigenvalue weighted by atomic mass is 9.31. The molecule has 8 aromatic rings. The van der Waals surface area contributed by atoms with Crippen LogP contribution in [0.3, 0.4) is 0 Å². The summed E-state index contributed by atoms with van der Waals surface area (Å²) in [6, 6.07) is 60.6. The minimum absolute atomic E-state index is 0.0500. The third-order valence-corrected chi connectivity index (χ3v) is 11.6. The molecule has 57 heavy (non-hydrogen) atoms. The van der Waals surface area contributed by atoms with Gasteiger partial charge in [0.1, 0.15) is 46.0 Å². The Bertz CT molecular complexity index is 2910. The van der Waals surface area contributed by atoms with Crippen molar-refractivity contribution < 1.29 is 18.9 Å². The minimum Gasteiger partial charge on any atom is -0.458 e. The molecule has 268 valence electrons. The highest BCUT2D eigenvalue weighted by Crippen LogP contribution is 2.45. The summed E-state index contributed by atoms with van der Waals surface area (Å²) < 4.78 is 26.6. The van der Waals surface area contributed by atoms with Crippen LogP contribution in [0, 0.1) is 0 Å². The van der Waals surface area contributed by atoms with E-state index in [1.165, 1.54) is 16.4 Å². The molecule has 0 unspecified atom stereocenters. The first-order valence-electron chi connectivity index (χ1n) is 19.3. The molecule has 0 aliphatic carbocycles. The largest absolute Gasteiger partial charge is 0.458 e. The number of fused-ring (bicyclic) bond motifs is 8. The van der Waals surface area contributed by atoms with Crippen molar-refractivity contribution >= 4 is 74.6 Å². The van der Waals surface area contributed by atoms with Gasteiger partial charge in [-0.3, -0.25) is 0 Å². The van der Waals surface area contributed by atoms with Gasteiger partial charge in [0, 0.05) is 71.3 Å². The van der Waals surface area contributed by atoms with Crippen LogP contribution >= 0.6 is 0 Å². The van der Waals surface area contributed by atoms with Crippen LogP contribution in [-0.2, 0) is 0 Å². The predicted octanol–water partition coefficient (Wildman–Crippen LogP) is 8.38. The van der Waals surface area contributed by atoms with Crippen LogP contribution in [0.1, 0.15) is 0 Å². The van der Waals surface area contributed by atoms with Gasteiger partial charge in [-0.15, -0.1) is 0 Å². The van der Waals surface area contributed by atoms with Crippen molar-refractivity contribution in [2.45, 2.75) is 0 Å². The molecular weight excluding hydrogens is 702 g/mol. The lowest BCUT2D eigenvalue weighted by Gasteiger charge is -2.44. The number of anilines is 5. The van der Waals surface area contributed by atoms with Gasteiger partial charge in [0.25, 0.3) is 13.4 Å². The zero-order chi connectivity index (χ0) is 37.6. The van der Waals surface area contributed by atoms with Crippen molar-refractivity contribution in [3.05, 3.63) is 176 Å². The quantitative estimate of drug-likeness (QED) is 0.166. The van der Waals surface area contributed by atoms with Crippen molar-refractivity contribution in [2.75, 3.05) is 16.8 Å². The molecule has 4 aliphatic rings. The number of benzene rings is 8. The number of ether oxygens (including phenoxy) is 4. The first-order valence-corrected chi connectivity index (χ1v) is 19.3. The summed E-state index contributed by atoms with van der Waals surface area (Å²) in [6.45, 7) is -0.154. The van der Waals surface area contributed by atoms with Gasteiger partial charge in [-0.25, -0.2) is 0 Å². The number of nitrogens with zero attached hydrogens (tertiary/aromatic N) is 2. The van der Waals surface area contributed by atoms with E-state index in [-0.39, 0.29) is 13.4 Å². The Labute approximate surface area is 331 Å². The first kappa shape index (κ1) is 32.0. The molecule has 0 fully saturated rings. The third-order valence-electron chi connectivity index (χ3n) is 11.6. The number of hydrogen-bond acceptors (Lipinski definition) is 6. The van der Waals surface area contributed by atoms with Gasteiger partial charge in [-0.05, 0) is 75.8 Å². The molecule has 0 saturated heterocycles. The molecule has 6 nitrogen and oxygen atoms in total. The molecule has 0 radical (unpaired) electrons.